The van der Waals surface area contributed by atoms with E-state index < -0.39 is 0 Å². The minimum absolute atomic E-state index is 0.491. The van der Waals surface area contributed by atoms with E-state index >= 15 is 0 Å². The van der Waals surface area contributed by atoms with Crippen LogP contribution in [0.5, 0.6) is 0 Å². The number of thioether (sulfide) groups is 1. The normalized spacial score (nSPS) is 10.8. The molecule has 26 heavy (non-hydrogen) atoms. The maximum atomic E-state index is 9.34. The van der Waals surface area contributed by atoms with Crippen molar-refractivity contribution in [2.75, 3.05) is 11.6 Å². The van der Waals surface area contributed by atoms with Crippen LogP contribution < -0.4 is 5.32 Å². The van der Waals surface area contributed by atoms with Crippen molar-refractivity contribution in [2.24, 2.45) is 0 Å². The van der Waals surface area contributed by atoms with Crippen LogP contribution in [0, 0.1) is 18.3 Å². The van der Waals surface area contributed by atoms with Gasteiger partial charge in [0.05, 0.1) is 5.69 Å². The van der Waals surface area contributed by atoms with Crippen molar-refractivity contribution in [3.8, 4) is 17.5 Å². The molecule has 0 spiro atoms. The molecular weight excluding hydrogens is 344 g/mol. The third kappa shape index (κ3) is 2.80. The van der Waals surface area contributed by atoms with E-state index in [2.05, 4.69) is 38.6 Å². The van der Waals surface area contributed by atoms with Gasteiger partial charge in [-0.2, -0.15) is 5.26 Å². The van der Waals surface area contributed by atoms with Gasteiger partial charge in [-0.1, -0.05) is 12.1 Å². The van der Waals surface area contributed by atoms with Crippen molar-refractivity contribution in [2.45, 2.75) is 11.8 Å². The number of H-pyrrole nitrogens is 1. The first-order valence-corrected chi connectivity index (χ1v) is 9.27. The topological polar surface area (TPSA) is 81.8 Å². The number of hydrogen-bond donors (Lipinski definition) is 2. The zero-order valence-electron chi connectivity index (χ0n) is 14.3. The van der Waals surface area contributed by atoms with Crippen LogP contribution in [0.1, 0.15) is 11.3 Å². The Bertz CT molecular complexity index is 1130. The first-order valence-electron chi connectivity index (χ1n) is 8.04. The number of benzene rings is 1. The Balaban J connectivity index is 1.89. The van der Waals surface area contributed by atoms with E-state index in [1.807, 2.05) is 43.5 Å². The predicted octanol–water partition coefficient (Wildman–Crippen LogP) is 4.37. The smallest absolute Gasteiger partial charge is 0.173 e. The molecule has 3 heterocycles. The summed E-state index contributed by atoms with van der Waals surface area (Å²) < 4.78 is 1.78. The molecule has 0 atom stereocenters. The van der Waals surface area contributed by atoms with Gasteiger partial charge in [-0.15, -0.1) is 11.8 Å². The molecule has 4 aromatic rings. The molecule has 4 rings (SSSR count). The zero-order chi connectivity index (χ0) is 18.1. The van der Waals surface area contributed by atoms with Crippen molar-refractivity contribution in [3.63, 3.8) is 0 Å². The number of nitrogens with one attached hydrogen (secondary N) is 2. The lowest BCUT2D eigenvalue weighted by atomic mass is 10.2. The molecule has 0 unspecified atom stereocenters. The molecule has 0 saturated heterocycles. The number of nitrogens with zero attached hydrogens (tertiary/aromatic N) is 4. The highest BCUT2D eigenvalue weighted by Gasteiger charge is 2.19. The Labute approximate surface area is 154 Å². The summed E-state index contributed by atoms with van der Waals surface area (Å²) >= 11 is 1.68. The first-order chi connectivity index (χ1) is 12.7. The standard InChI is InChI=1S/C19H16N6S/c1-12-5-3-8-16(22-12)17-19(23-14-6-4-7-15(9-14)26-2)25-18(24-17)13(10-20)11-21-25/h3-9,11,21,23H,1-2H3. The number of hydrogen-bond acceptors (Lipinski definition) is 5. The number of imidazole rings is 1. The lowest BCUT2D eigenvalue weighted by Crippen LogP contribution is -1.98. The molecule has 128 valence electrons. The van der Waals surface area contributed by atoms with Gasteiger partial charge in [0.25, 0.3) is 0 Å². The zero-order valence-corrected chi connectivity index (χ0v) is 15.1. The average molecular weight is 360 g/mol. The minimum Gasteiger partial charge on any atom is -0.338 e. The van der Waals surface area contributed by atoms with Gasteiger partial charge in [0.15, 0.2) is 11.5 Å². The maximum absolute atomic E-state index is 9.34. The summed E-state index contributed by atoms with van der Waals surface area (Å²) in [6.45, 7) is 1.95. The molecule has 0 amide bonds. The largest absolute Gasteiger partial charge is 0.338 e. The molecule has 0 aliphatic carbocycles. The van der Waals surface area contributed by atoms with Crippen LogP contribution in [-0.4, -0.2) is 25.8 Å². The molecule has 0 aliphatic heterocycles. The molecule has 0 fully saturated rings. The van der Waals surface area contributed by atoms with Crippen molar-refractivity contribution < 1.29 is 0 Å². The van der Waals surface area contributed by atoms with Gasteiger partial charge in [-0.05, 0) is 43.5 Å². The monoisotopic (exact) mass is 360 g/mol. The third-order valence-corrected chi connectivity index (χ3v) is 4.77. The number of nitriles is 1. The van der Waals surface area contributed by atoms with E-state index in [1.165, 1.54) is 0 Å². The molecule has 2 N–H and O–H groups in total. The molecule has 7 heteroatoms. The highest BCUT2D eigenvalue weighted by Crippen LogP contribution is 2.31. The van der Waals surface area contributed by atoms with Gasteiger partial charge in [-0.3, -0.25) is 10.1 Å². The summed E-state index contributed by atoms with van der Waals surface area (Å²) in [6.07, 6.45) is 3.70. The van der Waals surface area contributed by atoms with E-state index in [4.69, 9.17) is 0 Å². The quantitative estimate of drug-likeness (QED) is 0.528. The van der Waals surface area contributed by atoms with Gasteiger partial charge in [0.2, 0.25) is 0 Å². The van der Waals surface area contributed by atoms with Crippen molar-refractivity contribution in [1.82, 2.24) is 19.6 Å². The number of aromatic nitrogens is 4. The number of pyridine rings is 1. The fraction of sp³-hybridized carbons (Fsp3) is 0.105. The third-order valence-electron chi connectivity index (χ3n) is 4.04. The Morgan fingerprint density at radius 1 is 1.19 bits per heavy atom. The van der Waals surface area contributed by atoms with Crippen molar-refractivity contribution in [3.05, 3.63) is 59.9 Å². The highest BCUT2D eigenvalue weighted by molar-refractivity contribution is 7.98. The lowest BCUT2D eigenvalue weighted by molar-refractivity contribution is 0.979. The second kappa shape index (κ2) is 6.58. The molecule has 0 radical (unpaired) electrons. The average Bonchev–Trinajstić information content (AvgIpc) is 3.22. The summed E-state index contributed by atoms with van der Waals surface area (Å²) in [5, 5.41) is 15.9. The molecule has 0 aliphatic rings. The fourth-order valence-electron chi connectivity index (χ4n) is 2.81. The molecular formula is C19H16N6S. The van der Waals surface area contributed by atoms with E-state index in [0.29, 0.717) is 16.9 Å². The Morgan fingerprint density at radius 3 is 2.81 bits per heavy atom. The van der Waals surface area contributed by atoms with Crippen molar-refractivity contribution >= 4 is 28.9 Å². The summed E-state index contributed by atoms with van der Waals surface area (Å²) in [5.74, 6) is 0.748. The molecule has 0 saturated carbocycles. The van der Waals surface area contributed by atoms with Gasteiger partial charge in [0.1, 0.15) is 17.3 Å². The first kappa shape index (κ1) is 16.2. The summed E-state index contributed by atoms with van der Waals surface area (Å²) in [6, 6.07) is 16.1. The molecule has 3 aromatic heterocycles. The van der Waals surface area contributed by atoms with E-state index in [1.54, 1.807) is 22.5 Å². The Hall–Kier alpha value is -3.24. The predicted molar refractivity (Wildman–Crippen MR) is 104 cm³/mol. The number of aryl methyl sites for hydroxylation is 1. The van der Waals surface area contributed by atoms with Crippen LogP contribution in [0.3, 0.4) is 0 Å². The molecule has 6 nitrogen and oxygen atoms in total. The van der Waals surface area contributed by atoms with Crippen LogP contribution in [-0.2, 0) is 0 Å². The number of fused-ring (bicyclic) bond motifs is 1. The second-order valence-corrected chi connectivity index (χ2v) is 6.67. The van der Waals surface area contributed by atoms with Gasteiger partial charge < -0.3 is 5.32 Å². The van der Waals surface area contributed by atoms with E-state index in [9.17, 15) is 5.26 Å². The maximum Gasteiger partial charge on any atom is 0.173 e. The fourth-order valence-corrected chi connectivity index (χ4v) is 3.27. The number of anilines is 2. The summed E-state index contributed by atoms with van der Waals surface area (Å²) in [7, 11) is 0. The van der Waals surface area contributed by atoms with Gasteiger partial charge in [-0.25, -0.2) is 9.50 Å². The highest BCUT2D eigenvalue weighted by atomic mass is 32.2. The van der Waals surface area contributed by atoms with Gasteiger partial charge in [0, 0.05) is 22.5 Å². The Kier molecular flexibility index (Phi) is 4.11. The summed E-state index contributed by atoms with van der Waals surface area (Å²) in [5.41, 5.74) is 4.39. The van der Waals surface area contributed by atoms with Crippen LogP contribution in [0.25, 0.3) is 17.0 Å². The van der Waals surface area contributed by atoms with Crippen LogP contribution in [0.2, 0.25) is 0 Å². The number of aromatic amines is 1. The second-order valence-electron chi connectivity index (χ2n) is 5.79. The number of rotatable bonds is 4. The Morgan fingerprint density at radius 2 is 2.04 bits per heavy atom. The van der Waals surface area contributed by atoms with E-state index in [-0.39, 0.29) is 0 Å². The van der Waals surface area contributed by atoms with Crippen molar-refractivity contribution in [1.29, 1.82) is 5.26 Å². The van der Waals surface area contributed by atoms with E-state index in [0.717, 1.165) is 27.8 Å². The van der Waals surface area contributed by atoms with Crippen LogP contribution in [0.4, 0.5) is 11.5 Å². The van der Waals surface area contributed by atoms with Gasteiger partial charge >= 0.3 is 0 Å². The lowest BCUT2D eigenvalue weighted by Gasteiger charge is -2.09. The van der Waals surface area contributed by atoms with Crippen LogP contribution in [0.15, 0.2) is 53.6 Å². The minimum atomic E-state index is 0.491. The summed E-state index contributed by atoms with van der Waals surface area (Å²) in [4.78, 5) is 10.4. The molecule has 1 aromatic carbocycles. The van der Waals surface area contributed by atoms with Crippen LogP contribution >= 0.6 is 11.8 Å². The molecule has 0 bridgehead atoms. The SMILES string of the molecule is CSc1cccc(Nc2c(-c3cccc(C)n3)nc3c(C#N)c[nH]n23)c1.